The minimum absolute atomic E-state index is 0.0423. The van der Waals surface area contributed by atoms with Crippen molar-refractivity contribution in [3.8, 4) is 0 Å². The quantitative estimate of drug-likeness (QED) is 0.789. The molecule has 0 spiro atoms. The highest BCUT2D eigenvalue weighted by atomic mass is 16.2. The van der Waals surface area contributed by atoms with E-state index in [1.54, 1.807) is 10.7 Å². The Hall–Kier alpha value is -2.69. The lowest BCUT2D eigenvalue weighted by atomic mass is 9.88. The standard InChI is InChI=1S/C19H20N4O/c1-12-10-13(2)22-23-17(12)11-20-18(23)19(24)21-16-9-5-7-14-6-3-4-8-15(14)16/h3-4,6,8,10-11,16H,5,7,9H2,1-2H3,(H,21,24). The van der Waals surface area contributed by atoms with Gasteiger partial charge in [-0.2, -0.15) is 5.10 Å². The summed E-state index contributed by atoms with van der Waals surface area (Å²) < 4.78 is 1.65. The van der Waals surface area contributed by atoms with Gasteiger partial charge in [-0.15, -0.1) is 0 Å². The third-order valence-corrected chi connectivity index (χ3v) is 4.70. The number of hydrogen-bond donors (Lipinski definition) is 1. The van der Waals surface area contributed by atoms with Crippen LogP contribution in [0.3, 0.4) is 0 Å². The number of aryl methyl sites for hydroxylation is 3. The van der Waals surface area contributed by atoms with Crippen LogP contribution in [0.25, 0.3) is 5.52 Å². The number of benzene rings is 1. The Balaban J connectivity index is 1.66. The van der Waals surface area contributed by atoms with Crippen LogP contribution < -0.4 is 5.32 Å². The maximum absolute atomic E-state index is 12.8. The number of nitrogens with zero attached hydrogens (tertiary/aromatic N) is 3. The van der Waals surface area contributed by atoms with Gasteiger partial charge < -0.3 is 5.32 Å². The van der Waals surface area contributed by atoms with Crippen LogP contribution in [0.4, 0.5) is 0 Å². The van der Waals surface area contributed by atoms with E-state index < -0.39 is 0 Å². The molecule has 1 aliphatic carbocycles. The predicted molar refractivity (Wildman–Crippen MR) is 92.0 cm³/mol. The zero-order chi connectivity index (χ0) is 16.7. The second-order valence-electron chi connectivity index (χ2n) is 6.46. The monoisotopic (exact) mass is 320 g/mol. The number of fused-ring (bicyclic) bond motifs is 2. The van der Waals surface area contributed by atoms with Crippen LogP contribution in [0.15, 0.2) is 36.5 Å². The molecule has 1 amide bonds. The first kappa shape index (κ1) is 14.9. The van der Waals surface area contributed by atoms with Gasteiger partial charge in [-0.1, -0.05) is 24.3 Å². The average Bonchev–Trinajstić information content (AvgIpc) is 2.99. The molecule has 0 radical (unpaired) electrons. The van der Waals surface area contributed by atoms with Crippen molar-refractivity contribution in [2.24, 2.45) is 0 Å². The van der Waals surface area contributed by atoms with E-state index in [2.05, 4.69) is 33.6 Å². The molecule has 0 bridgehead atoms. The molecule has 0 aliphatic heterocycles. The number of amides is 1. The van der Waals surface area contributed by atoms with E-state index >= 15 is 0 Å². The minimum Gasteiger partial charge on any atom is -0.343 e. The molecule has 24 heavy (non-hydrogen) atoms. The molecule has 1 aliphatic rings. The fourth-order valence-electron chi connectivity index (χ4n) is 3.57. The van der Waals surface area contributed by atoms with Gasteiger partial charge in [-0.05, 0) is 55.9 Å². The first-order valence-corrected chi connectivity index (χ1v) is 8.34. The van der Waals surface area contributed by atoms with Crippen LogP contribution in [0.5, 0.6) is 0 Å². The SMILES string of the molecule is Cc1cc(C)c2cnc(C(=O)NC3CCCc4ccccc43)n2n1. The summed E-state index contributed by atoms with van der Waals surface area (Å²) in [6.07, 6.45) is 4.83. The van der Waals surface area contributed by atoms with E-state index in [-0.39, 0.29) is 11.9 Å². The summed E-state index contributed by atoms with van der Waals surface area (Å²) in [7, 11) is 0. The van der Waals surface area contributed by atoms with E-state index in [1.165, 1.54) is 11.1 Å². The summed E-state index contributed by atoms with van der Waals surface area (Å²) in [5.41, 5.74) is 5.35. The number of carbonyl (C=O) groups excluding carboxylic acids is 1. The zero-order valence-electron chi connectivity index (χ0n) is 13.9. The number of hydrogen-bond acceptors (Lipinski definition) is 3. The lowest BCUT2D eigenvalue weighted by Crippen LogP contribution is -2.32. The molecule has 5 nitrogen and oxygen atoms in total. The summed E-state index contributed by atoms with van der Waals surface area (Å²) in [5.74, 6) is 0.175. The van der Waals surface area contributed by atoms with Crippen LogP contribution >= 0.6 is 0 Å². The summed E-state index contributed by atoms with van der Waals surface area (Å²) in [6, 6.07) is 10.4. The van der Waals surface area contributed by atoms with Crippen molar-refractivity contribution < 1.29 is 4.79 Å². The molecule has 0 saturated heterocycles. The smallest absolute Gasteiger partial charge is 0.289 e. The second kappa shape index (κ2) is 5.74. The molecule has 122 valence electrons. The largest absolute Gasteiger partial charge is 0.343 e. The van der Waals surface area contributed by atoms with Crippen molar-refractivity contribution >= 4 is 11.4 Å². The minimum atomic E-state index is -0.172. The molecule has 5 heteroatoms. The highest BCUT2D eigenvalue weighted by Gasteiger charge is 2.24. The molecule has 1 atom stereocenters. The van der Waals surface area contributed by atoms with Crippen molar-refractivity contribution in [1.82, 2.24) is 19.9 Å². The van der Waals surface area contributed by atoms with E-state index in [1.807, 2.05) is 26.0 Å². The summed E-state index contributed by atoms with van der Waals surface area (Å²) in [5, 5.41) is 7.59. The Morgan fingerprint density at radius 1 is 1.29 bits per heavy atom. The molecule has 0 saturated carbocycles. The summed E-state index contributed by atoms with van der Waals surface area (Å²) in [4.78, 5) is 17.1. The van der Waals surface area contributed by atoms with Gasteiger partial charge in [0.05, 0.1) is 23.4 Å². The molecule has 1 unspecified atom stereocenters. The predicted octanol–water partition coefficient (Wildman–Crippen LogP) is 3.15. The third kappa shape index (κ3) is 2.46. The Morgan fingerprint density at radius 2 is 2.12 bits per heavy atom. The normalized spacial score (nSPS) is 16.8. The van der Waals surface area contributed by atoms with E-state index in [0.29, 0.717) is 5.82 Å². The first-order valence-electron chi connectivity index (χ1n) is 8.34. The van der Waals surface area contributed by atoms with E-state index in [4.69, 9.17) is 0 Å². The van der Waals surface area contributed by atoms with Crippen molar-refractivity contribution in [3.63, 3.8) is 0 Å². The molecule has 2 aromatic heterocycles. The summed E-state index contributed by atoms with van der Waals surface area (Å²) >= 11 is 0. The Bertz CT molecular complexity index is 928. The number of imidazole rings is 1. The first-order chi connectivity index (χ1) is 11.6. The molecule has 1 aromatic carbocycles. The maximum atomic E-state index is 12.8. The molecular weight excluding hydrogens is 300 g/mol. The number of aromatic nitrogens is 3. The van der Waals surface area contributed by atoms with Crippen LogP contribution in [0.2, 0.25) is 0 Å². The Labute approximate surface area is 140 Å². The highest BCUT2D eigenvalue weighted by Crippen LogP contribution is 2.29. The molecule has 3 aromatic rings. The number of rotatable bonds is 2. The molecule has 0 fully saturated rings. The van der Waals surface area contributed by atoms with Crippen LogP contribution in [0.1, 0.15) is 51.9 Å². The fraction of sp³-hybridized carbons (Fsp3) is 0.316. The van der Waals surface area contributed by atoms with Gasteiger partial charge in [-0.25, -0.2) is 9.50 Å². The second-order valence-corrected chi connectivity index (χ2v) is 6.46. The highest BCUT2D eigenvalue weighted by molar-refractivity contribution is 5.92. The van der Waals surface area contributed by atoms with Crippen LogP contribution in [-0.4, -0.2) is 20.5 Å². The number of nitrogens with one attached hydrogen (secondary N) is 1. The van der Waals surface area contributed by atoms with Crippen LogP contribution in [-0.2, 0) is 6.42 Å². The van der Waals surface area contributed by atoms with Crippen molar-refractivity contribution in [1.29, 1.82) is 0 Å². The van der Waals surface area contributed by atoms with Gasteiger partial charge in [0.25, 0.3) is 5.91 Å². The molecule has 4 rings (SSSR count). The molecular formula is C19H20N4O. The third-order valence-electron chi connectivity index (χ3n) is 4.70. The molecule has 1 N–H and O–H groups in total. The maximum Gasteiger partial charge on any atom is 0.289 e. The summed E-state index contributed by atoms with van der Waals surface area (Å²) in [6.45, 7) is 3.93. The fourth-order valence-corrected chi connectivity index (χ4v) is 3.57. The lowest BCUT2D eigenvalue weighted by molar-refractivity contribution is 0.0920. The van der Waals surface area contributed by atoms with Gasteiger partial charge in [-0.3, -0.25) is 4.79 Å². The van der Waals surface area contributed by atoms with Crippen molar-refractivity contribution in [2.45, 2.75) is 39.2 Å². The number of carbonyl (C=O) groups is 1. The van der Waals surface area contributed by atoms with Gasteiger partial charge in [0, 0.05) is 0 Å². The van der Waals surface area contributed by atoms with Gasteiger partial charge in [0.1, 0.15) is 0 Å². The van der Waals surface area contributed by atoms with Gasteiger partial charge in [0.2, 0.25) is 5.82 Å². The van der Waals surface area contributed by atoms with Crippen LogP contribution in [0, 0.1) is 13.8 Å². The zero-order valence-corrected chi connectivity index (χ0v) is 13.9. The lowest BCUT2D eigenvalue weighted by Gasteiger charge is -2.26. The van der Waals surface area contributed by atoms with Gasteiger partial charge >= 0.3 is 0 Å². The van der Waals surface area contributed by atoms with E-state index in [0.717, 1.165) is 36.0 Å². The molecule has 2 heterocycles. The van der Waals surface area contributed by atoms with Crippen molar-refractivity contribution in [3.05, 3.63) is 64.7 Å². The van der Waals surface area contributed by atoms with Gasteiger partial charge in [0.15, 0.2) is 0 Å². The van der Waals surface area contributed by atoms with E-state index in [9.17, 15) is 4.79 Å². The van der Waals surface area contributed by atoms with Crippen molar-refractivity contribution in [2.75, 3.05) is 0 Å². The Kier molecular flexibility index (Phi) is 3.56. The average molecular weight is 320 g/mol. The topological polar surface area (TPSA) is 59.3 Å². The Morgan fingerprint density at radius 3 is 3.00 bits per heavy atom.